The number of thiophene rings is 1. The largest absolute Gasteiger partial charge is 0.354 e. The second-order valence-corrected chi connectivity index (χ2v) is 7.76. The van der Waals surface area contributed by atoms with Crippen LogP contribution in [-0.4, -0.2) is 47.2 Å². The van der Waals surface area contributed by atoms with Gasteiger partial charge in [0.2, 0.25) is 5.91 Å². The van der Waals surface area contributed by atoms with Crippen LogP contribution in [0.3, 0.4) is 0 Å². The van der Waals surface area contributed by atoms with Crippen molar-refractivity contribution in [2.24, 2.45) is 5.92 Å². The molecule has 0 radical (unpaired) electrons. The van der Waals surface area contributed by atoms with E-state index in [0.717, 1.165) is 68.3 Å². The fourth-order valence-corrected chi connectivity index (χ4v) is 4.16. The van der Waals surface area contributed by atoms with Crippen LogP contribution in [0.25, 0.3) is 10.6 Å². The molecule has 1 amide bonds. The van der Waals surface area contributed by atoms with Crippen LogP contribution in [0.2, 0.25) is 0 Å². The quantitative estimate of drug-likeness (QED) is 0.735. The molecule has 3 rings (SSSR count). The minimum absolute atomic E-state index is 0.0688. The van der Waals surface area contributed by atoms with Gasteiger partial charge in [0, 0.05) is 26.2 Å². The number of amides is 1. The number of hydrogen-bond donors (Lipinski definition) is 0. The Morgan fingerprint density at radius 3 is 2.85 bits per heavy atom. The van der Waals surface area contributed by atoms with Gasteiger partial charge in [0.25, 0.3) is 0 Å². The number of nitrogens with zero attached hydrogens (tertiary/aromatic N) is 4. The van der Waals surface area contributed by atoms with Crippen LogP contribution in [0.15, 0.2) is 29.6 Å². The van der Waals surface area contributed by atoms with Gasteiger partial charge in [-0.05, 0) is 49.8 Å². The van der Waals surface area contributed by atoms with Crippen molar-refractivity contribution in [2.45, 2.75) is 39.5 Å². The molecule has 26 heavy (non-hydrogen) atoms. The minimum atomic E-state index is 0.0688. The van der Waals surface area contributed by atoms with Crippen LogP contribution in [0.5, 0.6) is 0 Å². The van der Waals surface area contributed by atoms with Gasteiger partial charge in [0.1, 0.15) is 5.69 Å². The Morgan fingerprint density at radius 1 is 1.31 bits per heavy atom. The Bertz CT molecular complexity index is 686. The molecule has 0 spiro atoms. The molecule has 1 fully saturated rings. The fourth-order valence-electron chi connectivity index (χ4n) is 3.47. The van der Waals surface area contributed by atoms with Crippen molar-refractivity contribution in [2.75, 3.05) is 31.1 Å². The number of rotatable bonds is 7. The van der Waals surface area contributed by atoms with E-state index < -0.39 is 0 Å². The molecule has 3 heterocycles. The molecule has 0 aromatic carbocycles. The van der Waals surface area contributed by atoms with Crippen LogP contribution in [-0.2, 0) is 4.79 Å². The number of carbonyl (C=O) groups excluding carboxylic acids is 1. The number of anilines is 1. The zero-order valence-corrected chi connectivity index (χ0v) is 16.5. The number of carbonyl (C=O) groups is 1. The monoisotopic (exact) mass is 372 g/mol. The highest BCUT2D eigenvalue weighted by molar-refractivity contribution is 7.13. The zero-order chi connectivity index (χ0) is 18.4. The van der Waals surface area contributed by atoms with Gasteiger partial charge in [0.15, 0.2) is 5.82 Å². The summed E-state index contributed by atoms with van der Waals surface area (Å²) in [5.74, 6) is 1.24. The van der Waals surface area contributed by atoms with Crippen molar-refractivity contribution >= 4 is 23.1 Å². The molecule has 6 heteroatoms. The van der Waals surface area contributed by atoms with Crippen molar-refractivity contribution < 1.29 is 4.79 Å². The third-order valence-electron chi connectivity index (χ3n) is 4.99. The van der Waals surface area contributed by atoms with E-state index >= 15 is 0 Å². The molecular formula is C20H28N4OS. The molecule has 0 aliphatic carbocycles. The summed E-state index contributed by atoms with van der Waals surface area (Å²) >= 11 is 1.67. The van der Waals surface area contributed by atoms with Gasteiger partial charge in [0.05, 0.1) is 10.8 Å². The van der Waals surface area contributed by atoms with Crippen LogP contribution in [0.1, 0.15) is 39.5 Å². The second kappa shape index (κ2) is 9.12. The molecule has 140 valence electrons. The highest BCUT2D eigenvalue weighted by Crippen LogP contribution is 2.26. The van der Waals surface area contributed by atoms with Crippen molar-refractivity contribution in [3.8, 4) is 10.6 Å². The summed E-state index contributed by atoms with van der Waals surface area (Å²) < 4.78 is 0. The first kappa shape index (κ1) is 18.8. The normalized spacial score (nSPS) is 17.3. The lowest BCUT2D eigenvalue weighted by atomic mass is 9.96. The average molecular weight is 373 g/mol. The third-order valence-corrected chi connectivity index (χ3v) is 5.89. The lowest BCUT2D eigenvalue weighted by Gasteiger charge is -2.35. The van der Waals surface area contributed by atoms with Crippen molar-refractivity contribution in [3.05, 3.63) is 29.6 Å². The summed E-state index contributed by atoms with van der Waals surface area (Å²) in [6.07, 6.45) is 4.19. The molecule has 2 aromatic heterocycles. The Labute approximate surface area is 160 Å². The van der Waals surface area contributed by atoms with E-state index in [0.29, 0.717) is 5.91 Å². The summed E-state index contributed by atoms with van der Waals surface area (Å²) in [7, 11) is 0. The molecule has 1 aliphatic rings. The molecule has 5 nitrogen and oxygen atoms in total. The predicted octanol–water partition coefficient (Wildman–Crippen LogP) is 4.07. The third kappa shape index (κ3) is 4.41. The standard InChI is InChI=1S/C20H28N4OS/c1-3-5-12-23(4-2)20(25)16-8-6-13-24(15-16)19-11-10-17(21-22-19)18-9-7-14-26-18/h7,9-11,14,16H,3-6,8,12-13,15H2,1-2H3. The van der Waals surface area contributed by atoms with Crippen LogP contribution < -0.4 is 4.90 Å². The lowest BCUT2D eigenvalue weighted by Crippen LogP contribution is -2.45. The molecule has 1 saturated heterocycles. The SMILES string of the molecule is CCCCN(CC)C(=O)C1CCCN(c2ccc(-c3cccs3)nn2)C1. The number of unbranched alkanes of at least 4 members (excludes halogenated alkanes) is 1. The average Bonchev–Trinajstić information content (AvgIpc) is 3.23. The van der Waals surface area contributed by atoms with Gasteiger partial charge < -0.3 is 9.80 Å². The molecule has 0 saturated carbocycles. The lowest BCUT2D eigenvalue weighted by molar-refractivity contribution is -0.135. The topological polar surface area (TPSA) is 49.3 Å². The highest BCUT2D eigenvalue weighted by Gasteiger charge is 2.29. The summed E-state index contributed by atoms with van der Waals surface area (Å²) in [5.41, 5.74) is 0.908. The van der Waals surface area contributed by atoms with Crippen LogP contribution >= 0.6 is 11.3 Å². The summed E-state index contributed by atoms with van der Waals surface area (Å²) in [6.45, 7) is 7.59. The van der Waals surface area contributed by atoms with E-state index in [1.54, 1.807) is 11.3 Å². The maximum absolute atomic E-state index is 12.9. The fraction of sp³-hybridized carbons (Fsp3) is 0.550. The van der Waals surface area contributed by atoms with Crippen molar-refractivity contribution in [1.82, 2.24) is 15.1 Å². The Kier molecular flexibility index (Phi) is 6.61. The van der Waals surface area contributed by atoms with E-state index in [2.05, 4.69) is 35.0 Å². The van der Waals surface area contributed by atoms with Crippen LogP contribution in [0, 0.1) is 5.92 Å². The van der Waals surface area contributed by atoms with E-state index in [1.807, 2.05) is 28.5 Å². The molecule has 2 aromatic rings. The smallest absolute Gasteiger partial charge is 0.227 e. The Hall–Kier alpha value is -1.95. The number of aromatic nitrogens is 2. The van der Waals surface area contributed by atoms with E-state index in [4.69, 9.17) is 0 Å². The second-order valence-electron chi connectivity index (χ2n) is 6.81. The number of piperidine rings is 1. The van der Waals surface area contributed by atoms with Gasteiger partial charge in [-0.25, -0.2) is 0 Å². The minimum Gasteiger partial charge on any atom is -0.354 e. The van der Waals surface area contributed by atoms with Gasteiger partial charge in [-0.15, -0.1) is 21.5 Å². The first-order chi connectivity index (χ1) is 12.7. The van der Waals surface area contributed by atoms with Crippen molar-refractivity contribution in [3.63, 3.8) is 0 Å². The van der Waals surface area contributed by atoms with Gasteiger partial charge in [-0.3, -0.25) is 4.79 Å². The summed E-state index contributed by atoms with van der Waals surface area (Å²) in [5, 5.41) is 10.9. The first-order valence-electron chi connectivity index (χ1n) is 9.64. The molecule has 0 bridgehead atoms. The maximum Gasteiger partial charge on any atom is 0.227 e. The Morgan fingerprint density at radius 2 is 2.19 bits per heavy atom. The predicted molar refractivity (Wildman–Crippen MR) is 107 cm³/mol. The first-order valence-corrected chi connectivity index (χ1v) is 10.5. The highest BCUT2D eigenvalue weighted by atomic mass is 32.1. The summed E-state index contributed by atoms with van der Waals surface area (Å²) in [4.78, 5) is 18.2. The molecule has 1 unspecified atom stereocenters. The van der Waals surface area contributed by atoms with Gasteiger partial charge in [-0.1, -0.05) is 19.4 Å². The zero-order valence-electron chi connectivity index (χ0n) is 15.7. The molecule has 0 N–H and O–H groups in total. The van der Waals surface area contributed by atoms with E-state index in [9.17, 15) is 4.79 Å². The maximum atomic E-state index is 12.9. The van der Waals surface area contributed by atoms with Crippen LogP contribution in [0.4, 0.5) is 5.82 Å². The van der Waals surface area contributed by atoms with E-state index in [-0.39, 0.29) is 5.92 Å². The van der Waals surface area contributed by atoms with Gasteiger partial charge in [-0.2, -0.15) is 0 Å². The number of hydrogen-bond acceptors (Lipinski definition) is 5. The van der Waals surface area contributed by atoms with E-state index in [1.165, 1.54) is 0 Å². The van der Waals surface area contributed by atoms with Crippen molar-refractivity contribution in [1.29, 1.82) is 0 Å². The molecular weight excluding hydrogens is 344 g/mol. The summed E-state index contributed by atoms with van der Waals surface area (Å²) in [6, 6.07) is 8.14. The molecule has 1 atom stereocenters. The Balaban J connectivity index is 1.65. The van der Waals surface area contributed by atoms with Gasteiger partial charge >= 0.3 is 0 Å². The molecule has 1 aliphatic heterocycles.